The van der Waals surface area contributed by atoms with Crippen molar-refractivity contribution >= 4 is 43.2 Å². The molecular weight excluding hydrogens is 398 g/mol. The minimum Gasteiger partial charge on any atom is -0.361 e. The minimum absolute atomic E-state index is 1.21. The van der Waals surface area contributed by atoms with Crippen LogP contribution >= 0.6 is 0 Å². The Labute approximate surface area is 199 Å². The summed E-state index contributed by atoms with van der Waals surface area (Å²) in [6.45, 7) is 12.5. The third kappa shape index (κ3) is 6.58. The van der Waals surface area contributed by atoms with Gasteiger partial charge in [0.15, 0.2) is 0 Å². The van der Waals surface area contributed by atoms with Crippen molar-refractivity contribution in [3.05, 3.63) is 97.2 Å². The number of aromatic nitrogens is 1. The van der Waals surface area contributed by atoms with Crippen molar-refractivity contribution in [3.8, 4) is 0 Å². The van der Waals surface area contributed by atoms with Crippen LogP contribution < -0.4 is 0 Å². The van der Waals surface area contributed by atoms with E-state index in [9.17, 15) is 0 Å². The Morgan fingerprint density at radius 1 is 0.455 bits per heavy atom. The van der Waals surface area contributed by atoms with Gasteiger partial charge in [-0.2, -0.15) is 0 Å². The van der Waals surface area contributed by atoms with Gasteiger partial charge >= 0.3 is 0 Å². The highest BCUT2D eigenvalue weighted by Gasteiger charge is 2.05. The summed E-state index contributed by atoms with van der Waals surface area (Å²) in [6.07, 6.45) is 4.45. The lowest BCUT2D eigenvalue weighted by atomic mass is 9.95. The van der Waals surface area contributed by atoms with Crippen LogP contribution in [-0.2, 0) is 0 Å². The molecule has 0 aliphatic heterocycles. The number of nitrogens with one attached hydrogen (secondary N) is 1. The first-order valence-electron chi connectivity index (χ1n) is 12.4. The molecule has 1 heteroatoms. The van der Waals surface area contributed by atoms with Crippen molar-refractivity contribution < 1.29 is 0 Å². The van der Waals surface area contributed by atoms with Crippen LogP contribution in [0, 0.1) is 0 Å². The molecule has 0 fully saturated rings. The van der Waals surface area contributed by atoms with Crippen LogP contribution in [0.3, 0.4) is 0 Å². The van der Waals surface area contributed by atoms with Gasteiger partial charge in [-0.25, -0.2) is 0 Å². The Bertz CT molecular complexity index is 1160. The SMILES string of the molecule is CC.CCC.CCC.c1cc2ccc3cccc4ccc(c1)c2c34.c1ccc2[nH]ccc2c1. The molecule has 0 atom stereocenters. The summed E-state index contributed by atoms with van der Waals surface area (Å²) in [5.74, 6) is 0. The van der Waals surface area contributed by atoms with Crippen molar-refractivity contribution in [1.82, 2.24) is 4.98 Å². The summed E-state index contributed by atoms with van der Waals surface area (Å²) in [4.78, 5) is 3.12. The van der Waals surface area contributed by atoms with Crippen LogP contribution in [0.4, 0.5) is 0 Å². The highest BCUT2D eigenvalue weighted by molar-refractivity contribution is 6.22. The highest BCUT2D eigenvalue weighted by atomic mass is 14.7. The minimum atomic E-state index is 1.21. The maximum atomic E-state index is 3.12. The molecule has 0 saturated carbocycles. The van der Waals surface area contributed by atoms with Crippen LogP contribution in [0.1, 0.15) is 54.4 Å². The molecule has 1 aromatic heterocycles. The second kappa shape index (κ2) is 14.0. The molecule has 172 valence electrons. The van der Waals surface area contributed by atoms with Crippen LogP contribution in [0.5, 0.6) is 0 Å². The Hall–Kier alpha value is -3.32. The molecule has 1 nitrogen and oxygen atoms in total. The van der Waals surface area contributed by atoms with E-state index in [0.717, 1.165) is 0 Å². The van der Waals surface area contributed by atoms with Gasteiger partial charge in [0.2, 0.25) is 0 Å². The number of rotatable bonds is 0. The molecule has 0 spiro atoms. The fraction of sp³-hybridized carbons (Fsp3) is 0.250. The van der Waals surface area contributed by atoms with Crippen molar-refractivity contribution in [2.75, 3.05) is 0 Å². The highest BCUT2D eigenvalue weighted by Crippen LogP contribution is 2.33. The largest absolute Gasteiger partial charge is 0.361 e. The predicted octanol–water partition coefficient (Wildman–Crippen LogP) is 10.6. The number of para-hydroxylation sites is 1. The monoisotopic (exact) mass is 437 g/mol. The Kier molecular flexibility index (Phi) is 11.0. The summed E-state index contributed by atoms with van der Waals surface area (Å²) in [6, 6.07) is 32.1. The van der Waals surface area contributed by atoms with Gasteiger partial charge in [-0.1, -0.05) is 133 Å². The topological polar surface area (TPSA) is 15.8 Å². The Morgan fingerprint density at radius 3 is 1.21 bits per heavy atom. The summed E-state index contributed by atoms with van der Waals surface area (Å²) >= 11 is 0. The summed E-state index contributed by atoms with van der Waals surface area (Å²) in [5.41, 5.74) is 1.21. The lowest BCUT2D eigenvalue weighted by Crippen LogP contribution is -1.82. The zero-order chi connectivity index (χ0) is 24.1. The zero-order valence-corrected chi connectivity index (χ0v) is 21.2. The van der Waals surface area contributed by atoms with Gasteiger partial charge in [0.1, 0.15) is 0 Å². The number of fused-ring (bicyclic) bond motifs is 1. The van der Waals surface area contributed by atoms with Gasteiger partial charge in [-0.15, -0.1) is 0 Å². The van der Waals surface area contributed by atoms with Gasteiger partial charge in [0.05, 0.1) is 0 Å². The maximum Gasteiger partial charge on any atom is 0.0453 e. The first-order chi connectivity index (χ1) is 16.2. The van der Waals surface area contributed by atoms with E-state index >= 15 is 0 Å². The fourth-order valence-electron chi connectivity index (χ4n) is 3.66. The van der Waals surface area contributed by atoms with Crippen LogP contribution in [0.2, 0.25) is 0 Å². The Morgan fingerprint density at radius 2 is 0.818 bits per heavy atom. The second-order valence-corrected chi connectivity index (χ2v) is 7.77. The van der Waals surface area contributed by atoms with Crippen molar-refractivity contribution in [1.29, 1.82) is 0 Å². The number of aromatic amines is 1. The first kappa shape index (κ1) is 25.9. The summed E-state index contributed by atoms with van der Waals surface area (Å²) in [7, 11) is 0. The number of benzene rings is 5. The van der Waals surface area contributed by atoms with Gasteiger partial charge in [0.25, 0.3) is 0 Å². The fourth-order valence-corrected chi connectivity index (χ4v) is 3.66. The van der Waals surface area contributed by atoms with E-state index in [-0.39, 0.29) is 0 Å². The molecule has 0 saturated heterocycles. The summed E-state index contributed by atoms with van der Waals surface area (Å²) < 4.78 is 0. The van der Waals surface area contributed by atoms with Crippen molar-refractivity contribution in [2.45, 2.75) is 54.4 Å². The molecule has 0 amide bonds. The molecule has 1 heterocycles. The van der Waals surface area contributed by atoms with Gasteiger partial charge < -0.3 is 4.98 Å². The average Bonchev–Trinajstić information content (AvgIpc) is 3.35. The van der Waals surface area contributed by atoms with Crippen molar-refractivity contribution in [3.63, 3.8) is 0 Å². The van der Waals surface area contributed by atoms with Gasteiger partial charge in [0, 0.05) is 11.7 Å². The predicted molar refractivity (Wildman–Crippen MR) is 152 cm³/mol. The maximum absolute atomic E-state index is 3.12. The quantitative estimate of drug-likeness (QED) is 0.227. The molecule has 0 unspecified atom stereocenters. The Balaban J connectivity index is 0.000000193. The molecule has 6 aromatic rings. The van der Waals surface area contributed by atoms with Crippen LogP contribution in [0.25, 0.3) is 43.2 Å². The molecule has 0 aliphatic rings. The molecule has 0 radical (unpaired) electrons. The van der Waals surface area contributed by atoms with E-state index in [2.05, 4.69) is 112 Å². The van der Waals surface area contributed by atoms with E-state index in [1.807, 2.05) is 32.2 Å². The summed E-state index contributed by atoms with van der Waals surface area (Å²) in [5, 5.41) is 9.42. The van der Waals surface area contributed by atoms with E-state index in [1.54, 1.807) is 0 Å². The standard InChI is InChI=1S/C16H10.C8H7N.2C3H8.C2H6/c1-3-11-7-9-13-5-2-6-14-10-8-12(4-1)15(11)16(13)14;1-2-4-8-7(3-1)5-6-9-8;2*1-3-2;1-2/h1-10H;1-6,9H;2*3H2,1-2H3;1-2H3. The average molecular weight is 438 g/mol. The normalized spacial score (nSPS) is 9.76. The molecule has 1 N–H and O–H groups in total. The van der Waals surface area contributed by atoms with E-state index < -0.39 is 0 Å². The second-order valence-electron chi connectivity index (χ2n) is 7.77. The molecule has 33 heavy (non-hydrogen) atoms. The van der Waals surface area contributed by atoms with E-state index in [0.29, 0.717) is 0 Å². The number of hydrogen-bond donors (Lipinski definition) is 1. The van der Waals surface area contributed by atoms with Crippen LogP contribution in [-0.4, -0.2) is 4.98 Å². The van der Waals surface area contributed by atoms with Gasteiger partial charge in [-0.05, 0) is 49.8 Å². The molecule has 6 rings (SSSR count). The van der Waals surface area contributed by atoms with E-state index in [4.69, 9.17) is 0 Å². The molecular formula is C32H39N. The smallest absolute Gasteiger partial charge is 0.0453 e. The molecule has 0 bridgehead atoms. The number of H-pyrrole nitrogens is 1. The van der Waals surface area contributed by atoms with Crippen LogP contribution in [0.15, 0.2) is 97.2 Å². The van der Waals surface area contributed by atoms with Gasteiger partial charge in [-0.3, -0.25) is 0 Å². The van der Waals surface area contributed by atoms with E-state index in [1.165, 1.54) is 56.1 Å². The third-order valence-corrected chi connectivity index (χ3v) is 4.86. The lowest BCUT2D eigenvalue weighted by molar-refractivity contribution is 1.09. The number of hydrogen-bond acceptors (Lipinski definition) is 0. The van der Waals surface area contributed by atoms with Crippen molar-refractivity contribution in [2.24, 2.45) is 0 Å². The first-order valence-corrected chi connectivity index (χ1v) is 12.4. The lowest BCUT2D eigenvalue weighted by Gasteiger charge is -2.09. The third-order valence-electron chi connectivity index (χ3n) is 4.86. The zero-order valence-electron chi connectivity index (χ0n) is 21.2. The molecule has 5 aromatic carbocycles. The molecule has 0 aliphatic carbocycles.